The zero-order chi connectivity index (χ0) is 37.9. The number of para-hydroxylation sites is 2. The smallest absolute Gasteiger partial charge is 0.135 e. The van der Waals surface area contributed by atoms with E-state index in [0.717, 1.165) is 55.3 Å². The molecule has 4 heteroatoms. The summed E-state index contributed by atoms with van der Waals surface area (Å²) < 4.78 is 17.6. The van der Waals surface area contributed by atoms with E-state index in [9.17, 15) is 0 Å². The zero-order valence-electron chi connectivity index (χ0n) is 31.2. The Kier molecular flexibility index (Phi) is 6.41. The highest BCUT2D eigenvalue weighted by Gasteiger charge is 2.20. The van der Waals surface area contributed by atoms with Crippen molar-refractivity contribution in [2.75, 3.05) is 0 Å². The van der Waals surface area contributed by atoms with Gasteiger partial charge in [0.25, 0.3) is 0 Å². The Bertz CT molecular complexity index is 3540. The van der Waals surface area contributed by atoms with Gasteiger partial charge in [-0.15, -0.1) is 0 Å². The van der Waals surface area contributed by atoms with E-state index in [0.29, 0.717) is 0 Å². The molecular weight excluding hydrogens is 709 g/mol. The molecule has 0 N–H and O–H groups in total. The third kappa shape index (κ3) is 4.51. The summed E-state index contributed by atoms with van der Waals surface area (Å²) in [4.78, 5) is 0. The van der Waals surface area contributed by atoms with Gasteiger partial charge in [-0.05, 0) is 107 Å². The van der Waals surface area contributed by atoms with Crippen LogP contribution in [0.2, 0.25) is 0 Å². The van der Waals surface area contributed by atoms with E-state index in [1.165, 1.54) is 65.9 Å². The molecule has 0 saturated carbocycles. The van der Waals surface area contributed by atoms with Crippen LogP contribution in [0.5, 0.6) is 0 Å². The molecule has 4 heterocycles. The minimum atomic E-state index is 0.883. The quantitative estimate of drug-likeness (QED) is 0.180. The number of nitrogens with zero attached hydrogens (tertiary/aromatic N) is 2. The van der Waals surface area contributed by atoms with Crippen molar-refractivity contribution in [3.05, 3.63) is 194 Å². The van der Waals surface area contributed by atoms with Gasteiger partial charge in [-0.1, -0.05) is 109 Å². The molecule has 0 fully saturated rings. The standard InChI is InChI=1S/C54H32N2O2/c1-3-11-33(12-4-1)35-19-23-51-43(27-35)45-29-37(21-25-53(45)57-51)55-47-17-9-7-15-39(47)41-32-50-42(31-49(41)55)40-16-8-10-18-48(40)56(50)38-22-26-54-46(30-38)44-28-36(20-24-52(44)58-54)34-13-5-2-6-14-34/h1-32H. The van der Waals surface area contributed by atoms with E-state index in [1.54, 1.807) is 0 Å². The van der Waals surface area contributed by atoms with Gasteiger partial charge in [-0.25, -0.2) is 0 Å². The van der Waals surface area contributed by atoms with Crippen molar-refractivity contribution in [2.45, 2.75) is 0 Å². The van der Waals surface area contributed by atoms with Crippen molar-refractivity contribution in [1.29, 1.82) is 0 Å². The summed E-state index contributed by atoms with van der Waals surface area (Å²) in [6, 6.07) is 69.6. The molecule has 9 aromatic carbocycles. The van der Waals surface area contributed by atoms with Crippen molar-refractivity contribution in [1.82, 2.24) is 9.13 Å². The lowest BCUT2D eigenvalue weighted by Crippen LogP contribution is -1.94. The Hall–Kier alpha value is -7.82. The van der Waals surface area contributed by atoms with Crippen LogP contribution in [0.25, 0.3) is 121 Å². The van der Waals surface area contributed by atoms with Crippen molar-refractivity contribution >= 4 is 87.5 Å². The number of hydrogen-bond acceptors (Lipinski definition) is 2. The maximum atomic E-state index is 6.39. The molecule has 0 atom stereocenters. The highest BCUT2D eigenvalue weighted by molar-refractivity contribution is 6.19. The second-order valence-electron chi connectivity index (χ2n) is 15.3. The first-order chi connectivity index (χ1) is 28.7. The number of hydrogen-bond donors (Lipinski definition) is 0. The number of fused-ring (bicyclic) bond motifs is 12. The summed E-state index contributed by atoms with van der Waals surface area (Å²) in [5, 5.41) is 9.27. The van der Waals surface area contributed by atoms with Crippen LogP contribution < -0.4 is 0 Å². The maximum Gasteiger partial charge on any atom is 0.135 e. The average molecular weight is 741 g/mol. The third-order valence-electron chi connectivity index (χ3n) is 12.1. The van der Waals surface area contributed by atoms with E-state index in [4.69, 9.17) is 8.83 Å². The summed E-state index contributed by atoms with van der Waals surface area (Å²) >= 11 is 0. The fourth-order valence-corrected chi connectivity index (χ4v) is 9.42. The molecular formula is C54H32N2O2. The van der Waals surface area contributed by atoms with Crippen LogP contribution in [0.15, 0.2) is 203 Å². The molecule has 270 valence electrons. The molecule has 0 spiro atoms. The van der Waals surface area contributed by atoms with Crippen LogP contribution in [-0.2, 0) is 0 Å². The van der Waals surface area contributed by atoms with Gasteiger partial charge in [-0.3, -0.25) is 0 Å². The summed E-state index contributed by atoms with van der Waals surface area (Å²) in [5.41, 5.74) is 15.1. The Morgan fingerprint density at radius 3 is 1.07 bits per heavy atom. The maximum absolute atomic E-state index is 6.39. The van der Waals surface area contributed by atoms with Crippen LogP contribution in [-0.4, -0.2) is 9.13 Å². The lowest BCUT2D eigenvalue weighted by molar-refractivity contribution is 0.668. The molecule has 0 saturated heterocycles. The summed E-state index contributed by atoms with van der Waals surface area (Å²) in [7, 11) is 0. The van der Waals surface area contributed by atoms with Crippen molar-refractivity contribution < 1.29 is 8.83 Å². The Morgan fingerprint density at radius 2 is 0.621 bits per heavy atom. The monoisotopic (exact) mass is 740 g/mol. The first-order valence-electron chi connectivity index (χ1n) is 19.7. The molecule has 0 unspecified atom stereocenters. The van der Waals surface area contributed by atoms with Crippen LogP contribution in [0.3, 0.4) is 0 Å². The molecule has 4 nitrogen and oxygen atoms in total. The highest BCUT2D eigenvalue weighted by Crippen LogP contribution is 2.42. The fraction of sp³-hybridized carbons (Fsp3) is 0. The summed E-state index contributed by atoms with van der Waals surface area (Å²) in [5.74, 6) is 0. The second kappa shape index (κ2) is 11.8. The average Bonchev–Trinajstić information content (AvgIpc) is 4.03. The minimum absolute atomic E-state index is 0.883. The molecule has 0 aliphatic heterocycles. The molecule has 13 rings (SSSR count). The molecule has 0 aliphatic rings. The molecule has 0 radical (unpaired) electrons. The minimum Gasteiger partial charge on any atom is -0.456 e. The number of furan rings is 2. The van der Waals surface area contributed by atoms with E-state index in [1.807, 2.05) is 0 Å². The van der Waals surface area contributed by atoms with Crippen molar-refractivity contribution in [2.24, 2.45) is 0 Å². The van der Waals surface area contributed by atoms with Gasteiger partial charge in [0.1, 0.15) is 22.3 Å². The van der Waals surface area contributed by atoms with E-state index in [-0.39, 0.29) is 0 Å². The van der Waals surface area contributed by atoms with Gasteiger partial charge < -0.3 is 18.0 Å². The van der Waals surface area contributed by atoms with Crippen LogP contribution in [0, 0.1) is 0 Å². The SMILES string of the molecule is c1ccc(-c2ccc3oc4ccc(-n5c6ccccc6c6cc7c(cc65)c5ccccc5n7-c5ccc6oc7ccc(-c8ccccc8)cc7c6c5)cc4c3c2)cc1. The number of rotatable bonds is 4. The van der Waals surface area contributed by atoms with Gasteiger partial charge in [0.15, 0.2) is 0 Å². The predicted octanol–water partition coefficient (Wildman–Crippen LogP) is 15.0. The fourth-order valence-electron chi connectivity index (χ4n) is 9.42. The first-order valence-corrected chi connectivity index (χ1v) is 19.7. The van der Waals surface area contributed by atoms with Crippen LogP contribution in [0.1, 0.15) is 0 Å². The Morgan fingerprint density at radius 1 is 0.241 bits per heavy atom. The topological polar surface area (TPSA) is 36.1 Å². The van der Waals surface area contributed by atoms with E-state index in [2.05, 4.69) is 203 Å². The van der Waals surface area contributed by atoms with Crippen molar-refractivity contribution in [3.63, 3.8) is 0 Å². The molecule has 0 bridgehead atoms. The largest absolute Gasteiger partial charge is 0.456 e. The number of benzene rings is 9. The van der Waals surface area contributed by atoms with Crippen molar-refractivity contribution in [3.8, 4) is 33.6 Å². The summed E-state index contributed by atoms with van der Waals surface area (Å²) in [6.07, 6.45) is 0. The third-order valence-corrected chi connectivity index (χ3v) is 12.1. The first kappa shape index (κ1) is 31.4. The highest BCUT2D eigenvalue weighted by atomic mass is 16.3. The molecule has 0 amide bonds. The number of aromatic nitrogens is 2. The Labute approximate surface area is 332 Å². The van der Waals surface area contributed by atoms with Gasteiger partial charge in [0.2, 0.25) is 0 Å². The zero-order valence-corrected chi connectivity index (χ0v) is 31.2. The van der Waals surface area contributed by atoms with Gasteiger partial charge >= 0.3 is 0 Å². The Balaban J connectivity index is 1.04. The summed E-state index contributed by atoms with van der Waals surface area (Å²) in [6.45, 7) is 0. The second-order valence-corrected chi connectivity index (χ2v) is 15.3. The van der Waals surface area contributed by atoms with Gasteiger partial charge in [-0.2, -0.15) is 0 Å². The van der Waals surface area contributed by atoms with Gasteiger partial charge in [0.05, 0.1) is 22.1 Å². The lowest BCUT2D eigenvalue weighted by Gasteiger charge is -2.10. The van der Waals surface area contributed by atoms with Crippen LogP contribution in [0.4, 0.5) is 0 Å². The molecule has 4 aromatic heterocycles. The van der Waals surface area contributed by atoms with Gasteiger partial charge in [0, 0.05) is 54.5 Å². The van der Waals surface area contributed by atoms with E-state index < -0.39 is 0 Å². The molecule has 0 aliphatic carbocycles. The molecule has 13 aromatic rings. The molecule has 58 heavy (non-hydrogen) atoms. The lowest BCUT2D eigenvalue weighted by atomic mass is 10.0. The van der Waals surface area contributed by atoms with Crippen LogP contribution >= 0.6 is 0 Å². The normalized spacial score (nSPS) is 12.1. The predicted molar refractivity (Wildman–Crippen MR) is 241 cm³/mol. The van der Waals surface area contributed by atoms with E-state index >= 15 is 0 Å².